The Morgan fingerprint density at radius 3 is 2.37 bits per heavy atom. The quantitative estimate of drug-likeness (QED) is 0.699. The highest BCUT2D eigenvalue weighted by molar-refractivity contribution is 5.93. The molecule has 0 saturated heterocycles. The van der Waals surface area contributed by atoms with Gasteiger partial charge in [0.1, 0.15) is 5.82 Å². The third-order valence-corrected chi connectivity index (χ3v) is 6.25. The molecular weight excluding hydrogens is 339 g/mol. The van der Waals surface area contributed by atoms with Crippen molar-refractivity contribution in [1.29, 1.82) is 0 Å². The van der Waals surface area contributed by atoms with Gasteiger partial charge in [-0.3, -0.25) is 4.79 Å². The first-order valence-corrected chi connectivity index (χ1v) is 9.34. The Hall–Kier alpha value is -2.62. The number of carbonyl (C=O) groups is 1. The zero-order valence-corrected chi connectivity index (χ0v) is 16.3. The number of carbonyl (C=O) groups excluding carboxylic acids is 1. The summed E-state index contributed by atoms with van der Waals surface area (Å²) in [6.45, 7) is 6.83. The van der Waals surface area contributed by atoms with Crippen molar-refractivity contribution in [2.75, 3.05) is 7.05 Å². The van der Waals surface area contributed by atoms with Crippen molar-refractivity contribution in [1.82, 2.24) is 9.88 Å². The van der Waals surface area contributed by atoms with Crippen molar-refractivity contribution in [2.24, 2.45) is 5.41 Å². The van der Waals surface area contributed by atoms with E-state index in [4.69, 9.17) is 0 Å². The van der Waals surface area contributed by atoms with Crippen LogP contribution in [0.3, 0.4) is 0 Å². The van der Waals surface area contributed by atoms with E-state index in [1.165, 1.54) is 23.1 Å². The second kappa shape index (κ2) is 5.95. The van der Waals surface area contributed by atoms with Crippen LogP contribution in [0.5, 0.6) is 0 Å². The Labute approximate surface area is 159 Å². The predicted molar refractivity (Wildman–Crippen MR) is 106 cm³/mol. The molecule has 1 heterocycles. The number of rotatable bonds is 4. The van der Waals surface area contributed by atoms with E-state index in [-0.39, 0.29) is 17.1 Å². The molecule has 2 aromatic carbocycles. The fourth-order valence-electron chi connectivity index (χ4n) is 4.47. The summed E-state index contributed by atoms with van der Waals surface area (Å²) in [6, 6.07) is 14.6. The molecular formula is C23H25FN2O. The van der Waals surface area contributed by atoms with Crippen molar-refractivity contribution in [3.63, 3.8) is 0 Å². The fourth-order valence-corrected chi connectivity index (χ4v) is 4.47. The summed E-state index contributed by atoms with van der Waals surface area (Å²) in [5.41, 5.74) is 3.52. The van der Waals surface area contributed by atoms with Gasteiger partial charge in [-0.1, -0.05) is 44.2 Å². The maximum Gasteiger partial charge on any atom is 0.233 e. The van der Waals surface area contributed by atoms with Crippen molar-refractivity contribution in [3.05, 3.63) is 71.2 Å². The lowest BCUT2D eigenvalue weighted by atomic mass is 9.86. The van der Waals surface area contributed by atoms with Crippen LogP contribution in [0.4, 0.5) is 4.39 Å². The number of fused-ring (bicyclic) bond motifs is 1. The van der Waals surface area contributed by atoms with Gasteiger partial charge in [0.25, 0.3) is 0 Å². The molecule has 0 bridgehead atoms. The van der Waals surface area contributed by atoms with Crippen LogP contribution >= 0.6 is 0 Å². The number of aromatic nitrogens is 1. The zero-order chi connectivity index (χ0) is 19.4. The predicted octanol–water partition coefficient (Wildman–Crippen LogP) is 4.94. The lowest BCUT2D eigenvalue weighted by Gasteiger charge is -2.27. The van der Waals surface area contributed by atoms with Crippen LogP contribution in [-0.2, 0) is 16.8 Å². The number of aromatic amines is 1. The summed E-state index contributed by atoms with van der Waals surface area (Å²) in [5.74, 6) is -0.181. The molecule has 4 rings (SSSR count). The highest BCUT2D eigenvalue weighted by Gasteiger charge is 2.67. The molecule has 3 nitrogen and oxygen atoms in total. The standard InChI is InChI=1S/C23H25FN2O/c1-15-18-7-5-6-8-19(18)25-20(15)13-26(4)21(27)23(14-22(23,2)3)16-9-11-17(24)12-10-16/h5-12,25H,13-14H2,1-4H3/t23-/m0/s1. The topological polar surface area (TPSA) is 36.1 Å². The van der Waals surface area contributed by atoms with E-state index in [0.717, 1.165) is 23.2 Å². The Morgan fingerprint density at radius 1 is 1.15 bits per heavy atom. The monoisotopic (exact) mass is 364 g/mol. The molecule has 27 heavy (non-hydrogen) atoms. The Kier molecular flexibility index (Phi) is 3.91. The van der Waals surface area contributed by atoms with Crippen LogP contribution < -0.4 is 0 Å². The number of aryl methyl sites for hydroxylation is 1. The molecule has 3 aromatic rings. The fraction of sp³-hybridized carbons (Fsp3) is 0.348. The molecule has 0 radical (unpaired) electrons. The number of halogens is 1. The molecule has 1 aliphatic carbocycles. The van der Waals surface area contributed by atoms with Crippen molar-refractivity contribution in [2.45, 2.75) is 39.2 Å². The van der Waals surface area contributed by atoms with Gasteiger partial charge in [0.05, 0.1) is 12.0 Å². The smallest absolute Gasteiger partial charge is 0.233 e. The van der Waals surface area contributed by atoms with E-state index in [1.807, 2.05) is 19.2 Å². The van der Waals surface area contributed by atoms with Gasteiger partial charge in [-0.15, -0.1) is 0 Å². The average Bonchev–Trinajstić information content (AvgIpc) is 3.10. The lowest BCUT2D eigenvalue weighted by Crippen LogP contribution is -2.39. The SMILES string of the molecule is Cc1c(CN(C)C(=O)[C@@]2(c3ccc(F)cc3)CC2(C)C)[nH]c2ccccc12. The number of likely N-dealkylation sites (N-methyl/N-ethyl adjacent to an activating group) is 1. The van der Waals surface area contributed by atoms with Gasteiger partial charge in [0.2, 0.25) is 5.91 Å². The van der Waals surface area contributed by atoms with E-state index in [0.29, 0.717) is 6.54 Å². The normalized spacial score (nSPS) is 20.6. The van der Waals surface area contributed by atoms with Crippen LogP contribution in [0, 0.1) is 18.2 Å². The highest BCUT2D eigenvalue weighted by atomic mass is 19.1. The largest absolute Gasteiger partial charge is 0.357 e. The number of para-hydroxylation sites is 1. The minimum Gasteiger partial charge on any atom is -0.357 e. The molecule has 0 spiro atoms. The summed E-state index contributed by atoms with van der Waals surface area (Å²) < 4.78 is 13.4. The molecule has 140 valence electrons. The molecule has 1 saturated carbocycles. The van der Waals surface area contributed by atoms with Gasteiger partial charge in [-0.2, -0.15) is 0 Å². The number of H-pyrrole nitrogens is 1. The maximum absolute atomic E-state index is 13.5. The van der Waals surface area contributed by atoms with Gasteiger partial charge in [0.15, 0.2) is 0 Å². The first kappa shape index (κ1) is 17.8. The number of nitrogens with one attached hydrogen (secondary N) is 1. The van der Waals surface area contributed by atoms with E-state index < -0.39 is 5.41 Å². The van der Waals surface area contributed by atoms with E-state index in [1.54, 1.807) is 17.0 Å². The third-order valence-electron chi connectivity index (χ3n) is 6.25. The minimum atomic E-state index is -0.574. The molecule has 0 unspecified atom stereocenters. The van der Waals surface area contributed by atoms with E-state index in [9.17, 15) is 9.18 Å². The number of benzene rings is 2. The molecule has 1 fully saturated rings. The van der Waals surface area contributed by atoms with Crippen molar-refractivity contribution in [3.8, 4) is 0 Å². The van der Waals surface area contributed by atoms with Crippen LogP contribution in [0.15, 0.2) is 48.5 Å². The second-order valence-corrected chi connectivity index (χ2v) is 8.41. The zero-order valence-electron chi connectivity index (χ0n) is 16.3. The molecule has 4 heteroatoms. The van der Waals surface area contributed by atoms with Gasteiger partial charge in [0, 0.05) is 23.6 Å². The number of hydrogen-bond donors (Lipinski definition) is 1. The van der Waals surface area contributed by atoms with Gasteiger partial charge in [-0.05, 0) is 48.1 Å². The maximum atomic E-state index is 13.5. The van der Waals surface area contributed by atoms with Gasteiger partial charge in [-0.25, -0.2) is 4.39 Å². The van der Waals surface area contributed by atoms with Crippen LogP contribution in [0.1, 0.15) is 37.1 Å². The lowest BCUT2D eigenvalue weighted by molar-refractivity contribution is -0.134. The van der Waals surface area contributed by atoms with Crippen molar-refractivity contribution >= 4 is 16.8 Å². The molecule has 1 aromatic heterocycles. The minimum absolute atomic E-state index is 0.0946. The Balaban J connectivity index is 1.64. The highest BCUT2D eigenvalue weighted by Crippen LogP contribution is 2.65. The first-order valence-electron chi connectivity index (χ1n) is 9.34. The van der Waals surface area contributed by atoms with E-state index >= 15 is 0 Å². The van der Waals surface area contributed by atoms with Gasteiger partial charge >= 0.3 is 0 Å². The Morgan fingerprint density at radius 2 is 1.78 bits per heavy atom. The summed E-state index contributed by atoms with van der Waals surface area (Å²) in [7, 11) is 1.85. The number of nitrogens with zero attached hydrogens (tertiary/aromatic N) is 1. The molecule has 1 aliphatic rings. The van der Waals surface area contributed by atoms with Gasteiger partial charge < -0.3 is 9.88 Å². The Bertz CT molecular complexity index is 1020. The number of amides is 1. The summed E-state index contributed by atoms with van der Waals surface area (Å²) >= 11 is 0. The molecule has 1 N–H and O–H groups in total. The summed E-state index contributed by atoms with van der Waals surface area (Å²) in [5, 5.41) is 1.19. The molecule has 1 amide bonds. The third kappa shape index (κ3) is 2.66. The summed E-state index contributed by atoms with van der Waals surface area (Å²) in [4.78, 5) is 18.7. The summed E-state index contributed by atoms with van der Waals surface area (Å²) in [6.07, 6.45) is 0.778. The average molecular weight is 364 g/mol. The number of hydrogen-bond acceptors (Lipinski definition) is 1. The molecule has 1 atom stereocenters. The van der Waals surface area contributed by atoms with Crippen LogP contribution in [0.2, 0.25) is 0 Å². The molecule has 0 aliphatic heterocycles. The first-order chi connectivity index (χ1) is 12.8. The van der Waals surface area contributed by atoms with Crippen molar-refractivity contribution < 1.29 is 9.18 Å². The van der Waals surface area contributed by atoms with Crippen LogP contribution in [-0.4, -0.2) is 22.8 Å². The van der Waals surface area contributed by atoms with E-state index in [2.05, 4.69) is 37.9 Å². The second-order valence-electron chi connectivity index (χ2n) is 8.41. The van der Waals surface area contributed by atoms with Crippen LogP contribution in [0.25, 0.3) is 10.9 Å².